The third-order valence-electron chi connectivity index (χ3n) is 4.05. The van der Waals surface area contributed by atoms with Gasteiger partial charge in [0.25, 0.3) is 0 Å². The lowest BCUT2D eigenvalue weighted by Gasteiger charge is -2.29. The van der Waals surface area contributed by atoms with Crippen LogP contribution in [0.2, 0.25) is 0 Å². The zero-order valence-corrected chi connectivity index (χ0v) is 11.4. The summed E-state index contributed by atoms with van der Waals surface area (Å²) >= 11 is 0. The number of nitrogens with one attached hydrogen (secondary N) is 1. The smallest absolute Gasteiger partial charge is 0.115 e. The lowest BCUT2D eigenvalue weighted by atomic mass is 9.83. The van der Waals surface area contributed by atoms with Crippen LogP contribution in [0.5, 0.6) is 5.75 Å². The van der Waals surface area contributed by atoms with Gasteiger partial charge in [0.05, 0.1) is 0 Å². The minimum atomic E-state index is 0.362. The number of phenols is 1. The van der Waals surface area contributed by atoms with E-state index in [-0.39, 0.29) is 0 Å². The van der Waals surface area contributed by atoms with E-state index in [2.05, 4.69) is 18.3 Å². The highest BCUT2D eigenvalue weighted by Gasteiger charge is 2.19. The van der Waals surface area contributed by atoms with Crippen molar-refractivity contribution in [3.05, 3.63) is 29.8 Å². The predicted molar refractivity (Wildman–Crippen MR) is 75.6 cm³/mol. The standard InChI is InChI=1S/C16H25NO/c1-2-4-13-7-9-15(10-8-13)17-12-14-5-3-6-16(18)11-14/h3,5-6,11,13,15,17-18H,2,4,7-10,12H2,1H3. The SMILES string of the molecule is CCCC1CCC(NCc2cccc(O)c2)CC1. The molecular weight excluding hydrogens is 222 g/mol. The van der Waals surface area contributed by atoms with Crippen LogP contribution in [-0.4, -0.2) is 11.1 Å². The molecule has 2 N–H and O–H groups in total. The first-order valence-electron chi connectivity index (χ1n) is 7.29. The van der Waals surface area contributed by atoms with E-state index >= 15 is 0 Å². The molecule has 0 spiro atoms. The molecule has 2 nitrogen and oxygen atoms in total. The van der Waals surface area contributed by atoms with E-state index < -0.39 is 0 Å². The lowest BCUT2D eigenvalue weighted by Crippen LogP contribution is -2.32. The van der Waals surface area contributed by atoms with Crippen molar-refractivity contribution in [2.24, 2.45) is 5.92 Å². The van der Waals surface area contributed by atoms with Gasteiger partial charge in [-0.3, -0.25) is 0 Å². The molecule has 1 aliphatic rings. The van der Waals surface area contributed by atoms with Gasteiger partial charge in [-0.15, -0.1) is 0 Å². The largest absolute Gasteiger partial charge is 0.508 e. The van der Waals surface area contributed by atoms with Crippen molar-refractivity contribution in [3.63, 3.8) is 0 Å². The molecule has 1 aromatic carbocycles. The molecule has 0 aromatic heterocycles. The minimum Gasteiger partial charge on any atom is -0.508 e. The zero-order valence-electron chi connectivity index (χ0n) is 11.4. The summed E-state index contributed by atoms with van der Waals surface area (Å²) in [6.45, 7) is 3.16. The van der Waals surface area contributed by atoms with Gasteiger partial charge in [0.1, 0.15) is 5.75 Å². The Kier molecular flexibility index (Phi) is 5.06. The first kappa shape index (κ1) is 13.4. The lowest BCUT2D eigenvalue weighted by molar-refractivity contribution is 0.277. The van der Waals surface area contributed by atoms with E-state index in [4.69, 9.17) is 0 Å². The van der Waals surface area contributed by atoms with Gasteiger partial charge >= 0.3 is 0 Å². The first-order valence-corrected chi connectivity index (χ1v) is 7.29. The average Bonchev–Trinajstić information content (AvgIpc) is 2.38. The Morgan fingerprint density at radius 3 is 2.67 bits per heavy atom. The number of benzene rings is 1. The molecule has 0 saturated heterocycles. The molecule has 0 aliphatic heterocycles. The monoisotopic (exact) mass is 247 g/mol. The van der Waals surface area contributed by atoms with E-state index in [9.17, 15) is 5.11 Å². The molecule has 0 amide bonds. The molecule has 18 heavy (non-hydrogen) atoms. The topological polar surface area (TPSA) is 32.3 Å². The second kappa shape index (κ2) is 6.79. The molecule has 0 bridgehead atoms. The van der Waals surface area contributed by atoms with Crippen molar-refractivity contribution in [2.75, 3.05) is 0 Å². The minimum absolute atomic E-state index is 0.362. The van der Waals surface area contributed by atoms with Crippen LogP contribution in [0.1, 0.15) is 51.0 Å². The van der Waals surface area contributed by atoms with Crippen LogP contribution in [0.15, 0.2) is 24.3 Å². The molecule has 1 aliphatic carbocycles. The summed E-state index contributed by atoms with van der Waals surface area (Å²) in [6.07, 6.45) is 8.11. The molecule has 100 valence electrons. The summed E-state index contributed by atoms with van der Waals surface area (Å²) < 4.78 is 0. The maximum Gasteiger partial charge on any atom is 0.115 e. The van der Waals surface area contributed by atoms with E-state index in [1.54, 1.807) is 6.07 Å². The van der Waals surface area contributed by atoms with Crippen LogP contribution in [0, 0.1) is 5.92 Å². The number of hydrogen-bond acceptors (Lipinski definition) is 2. The Balaban J connectivity index is 1.72. The summed E-state index contributed by atoms with van der Waals surface area (Å²) in [4.78, 5) is 0. The predicted octanol–water partition coefficient (Wildman–Crippen LogP) is 3.84. The fourth-order valence-corrected chi connectivity index (χ4v) is 2.99. The molecule has 0 atom stereocenters. The summed E-state index contributed by atoms with van der Waals surface area (Å²) in [5.41, 5.74) is 1.17. The highest BCUT2D eigenvalue weighted by Crippen LogP contribution is 2.27. The Morgan fingerprint density at radius 1 is 1.22 bits per heavy atom. The van der Waals surface area contributed by atoms with Gasteiger partial charge in [0.15, 0.2) is 0 Å². The van der Waals surface area contributed by atoms with Crippen LogP contribution >= 0.6 is 0 Å². The summed E-state index contributed by atoms with van der Waals surface area (Å²) in [5.74, 6) is 1.33. The van der Waals surface area contributed by atoms with Crippen molar-refractivity contribution in [1.29, 1.82) is 0 Å². The molecular formula is C16H25NO. The Bertz CT molecular complexity index is 356. The van der Waals surface area contributed by atoms with Crippen LogP contribution in [0.4, 0.5) is 0 Å². The second-order valence-corrected chi connectivity index (χ2v) is 5.56. The Morgan fingerprint density at radius 2 is 2.00 bits per heavy atom. The van der Waals surface area contributed by atoms with Crippen molar-refractivity contribution in [3.8, 4) is 5.75 Å². The Labute approximate surface area is 110 Å². The Hall–Kier alpha value is -1.02. The molecule has 1 fully saturated rings. The van der Waals surface area contributed by atoms with Crippen molar-refractivity contribution < 1.29 is 5.11 Å². The maximum absolute atomic E-state index is 9.42. The van der Waals surface area contributed by atoms with Crippen molar-refractivity contribution in [2.45, 2.75) is 58.0 Å². The number of rotatable bonds is 5. The van der Waals surface area contributed by atoms with Crippen molar-refractivity contribution in [1.82, 2.24) is 5.32 Å². The van der Waals surface area contributed by atoms with E-state index in [0.717, 1.165) is 12.5 Å². The third kappa shape index (κ3) is 4.02. The van der Waals surface area contributed by atoms with Gasteiger partial charge in [-0.25, -0.2) is 0 Å². The van der Waals surface area contributed by atoms with Gasteiger partial charge < -0.3 is 10.4 Å². The van der Waals surface area contributed by atoms with Gasteiger partial charge in [-0.1, -0.05) is 31.9 Å². The van der Waals surface area contributed by atoms with E-state index in [1.807, 2.05) is 12.1 Å². The number of aromatic hydroxyl groups is 1. The van der Waals surface area contributed by atoms with Gasteiger partial charge in [0, 0.05) is 12.6 Å². The molecule has 1 aromatic rings. The van der Waals surface area contributed by atoms with Gasteiger partial charge in [-0.2, -0.15) is 0 Å². The molecule has 2 heteroatoms. The van der Waals surface area contributed by atoms with Crippen LogP contribution in [-0.2, 0) is 6.54 Å². The highest BCUT2D eigenvalue weighted by molar-refractivity contribution is 5.26. The number of phenolic OH excluding ortho intramolecular Hbond substituents is 1. The first-order chi connectivity index (χ1) is 8.78. The average molecular weight is 247 g/mol. The van der Waals surface area contributed by atoms with E-state index in [0.29, 0.717) is 11.8 Å². The number of hydrogen-bond donors (Lipinski definition) is 2. The van der Waals surface area contributed by atoms with E-state index in [1.165, 1.54) is 44.1 Å². The fourth-order valence-electron chi connectivity index (χ4n) is 2.99. The summed E-state index contributed by atoms with van der Waals surface area (Å²) in [7, 11) is 0. The molecule has 0 heterocycles. The van der Waals surface area contributed by atoms with Crippen LogP contribution < -0.4 is 5.32 Å². The van der Waals surface area contributed by atoms with Gasteiger partial charge in [-0.05, 0) is 49.3 Å². The quantitative estimate of drug-likeness (QED) is 0.828. The highest BCUT2D eigenvalue weighted by atomic mass is 16.3. The fraction of sp³-hybridized carbons (Fsp3) is 0.625. The summed E-state index contributed by atoms with van der Waals surface area (Å²) in [5, 5.41) is 13.0. The molecule has 0 radical (unpaired) electrons. The molecule has 0 unspecified atom stereocenters. The third-order valence-corrected chi connectivity index (χ3v) is 4.05. The molecule has 1 saturated carbocycles. The van der Waals surface area contributed by atoms with Crippen molar-refractivity contribution >= 4 is 0 Å². The zero-order chi connectivity index (χ0) is 12.8. The normalized spacial score (nSPS) is 24.1. The van der Waals surface area contributed by atoms with Crippen LogP contribution in [0.25, 0.3) is 0 Å². The second-order valence-electron chi connectivity index (χ2n) is 5.56. The molecule has 2 rings (SSSR count). The van der Waals surface area contributed by atoms with Crippen LogP contribution in [0.3, 0.4) is 0 Å². The van der Waals surface area contributed by atoms with Gasteiger partial charge in [0.2, 0.25) is 0 Å². The summed E-state index contributed by atoms with van der Waals surface area (Å²) in [6, 6.07) is 8.20. The maximum atomic E-state index is 9.42.